The second-order valence-corrected chi connectivity index (χ2v) is 10.1. The molecule has 2 amide bonds. The van der Waals surface area contributed by atoms with Crippen LogP contribution in [0.5, 0.6) is 0 Å². The average molecular weight is 477 g/mol. The molecule has 1 aliphatic rings. The lowest BCUT2D eigenvalue weighted by atomic mass is 9.95. The van der Waals surface area contributed by atoms with Crippen molar-refractivity contribution in [1.82, 2.24) is 14.8 Å². The van der Waals surface area contributed by atoms with Gasteiger partial charge in [0.1, 0.15) is 5.00 Å². The van der Waals surface area contributed by atoms with Crippen LogP contribution in [0.4, 0.5) is 5.00 Å². The molecule has 0 radical (unpaired) electrons. The van der Waals surface area contributed by atoms with Crippen LogP contribution < -0.4 is 5.32 Å². The average Bonchev–Trinajstić information content (AvgIpc) is 3.21. The molecule has 0 bridgehead atoms. The molecule has 0 saturated carbocycles. The normalized spacial score (nSPS) is 12.9. The van der Waals surface area contributed by atoms with Crippen LogP contribution in [-0.4, -0.2) is 47.2 Å². The number of hydrogen-bond acceptors (Lipinski definition) is 5. The number of aromatic nitrogens is 1. The number of nitrogens with one attached hydrogen (secondary N) is 1. The Morgan fingerprint density at radius 2 is 1.74 bits per heavy atom. The number of anilines is 1. The van der Waals surface area contributed by atoms with Crippen molar-refractivity contribution in [2.45, 2.75) is 45.7 Å². The van der Waals surface area contributed by atoms with Gasteiger partial charge in [0.15, 0.2) is 0 Å². The molecular formula is C27H32N4O2S. The van der Waals surface area contributed by atoms with Gasteiger partial charge in [-0.05, 0) is 75.5 Å². The summed E-state index contributed by atoms with van der Waals surface area (Å²) in [5.41, 5.74) is 4.61. The first-order valence-corrected chi connectivity index (χ1v) is 12.7. The zero-order chi connectivity index (χ0) is 24.1. The van der Waals surface area contributed by atoms with Crippen molar-refractivity contribution < 1.29 is 9.59 Å². The Bertz CT molecular complexity index is 1140. The molecule has 2 heterocycles. The van der Waals surface area contributed by atoms with Gasteiger partial charge < -0.3 is 15.1 Å². The van der Waals surface area contributed by atoms with Crippen LogP contribution in [0.15, 0.2) is 48.8 Å². The van der Waals surface area contributed by atoms with E-state index in [1.54, 1.807) is 35.9 Å². The van der Waals surface area contributed by atoms with E-state index in [-0.39, 0.29) is 11.8 Å². The quantitative estimate of drug-likeness (QED) is 0.497. The highest BCUT2D eigenvalue weighted by molar-refractivity contribution is 7.17. The summed E-state index contributed by atoms with van der Waals surface area (Å²) in [4.78, 5) is 36.0. The first-order chi connectivity index (χ1) is 16.5. The minimum absolute atomic E-state index is 0.0132. The Hall–Kier alpha value is -3.03. The van der Waals surface area contributed by atoms with Crippen LogP contribution in [-0.2, 0) is 25.9 Å². The molecule has 34 heavy (non-hydrogen) atoms. The van der Waals surface area contributed by atoms with Crippen LogP contribution in [0.3, 0.4) is 0 Å². The summed E-state index contributed by atoms with van der Waals surface area (Å²) in [7, 11) is 4.11. The van der Waals surface area contributed by atoms with E-state index in [0.717, 1.165) is 43.4 Å². The van der Waals surface area contributed by atoms with Gasteiger partial charge in [0.25, 0.3) is 11.8 Å². The molecule has 1 aliphatic carbocycles. The predicted molar refractivity (Wildman–Crippen MR) is 137 cm³/mol. The minimum Gasteiger partial charge on any atom is -0.334 e. The molecule has 0 unspecified atom stereocenters. The number of carbonyl (C=O) groups is 2. The van der Waals surface area contributed by atoms with Gasteiger partial charge in [-0.3, -0.25) is 14.6 Å². The summed E-state index contributed by atoms with van der Waals surface area (Å²) in [5.74, 6) is -0.249. The van der Waals surface area contributed by atoms with Crippen molar-refractivity contribution in [2.75, 3.05) is 26.0 Å². The molecule has 178 valence electrons. The summed E-state index contributed by atoms with van der Waals surface area (Å²) in [6.07, 6.45) is 7.22. The molecule has 1 N–H and O–H groups in total. The van der Waals surface area contributed by atoms with Crippen LogP contribution in [0.2, 0.25) is 0 Å². The SMILES string of the molecule is CCN(Cc1ccc(CN(C)C)cc1)C(=O)c1c(NC(=O)c2cccnc2)sc2c1CCCC2. The van der Waals surface area contributed by atoms with Crippen LogP contribution in [0.25, 0.3) is 0 Å². The number of pyridine rings is 1. The van der Waals surface area contributed by atoms with Gasteiger partial charge in [-0.25, -0.2) is 0 Å². The summed E-state index contributed by atoms with van der Waals surface area (Å²) in [6.45, 7) is 4.03. The largest absolute Gasteiger partial charge is 0.334 e. The van der Waals surface area contributed by atoms with Gasteiger partial charge in [-0.2, -0.15) is 0 Å². The molecule has 7 heteroatoms. The highest BCUT2D eigenvalue weighted by Gasteiger charge is 2.29. The minimum atomic E-state index is -0.236. The molecular weight excluding hydrogens is 444 g/mol. The second kappa shape index (κ2) is 10.9. The van der Waals surface area contributed by atoms with Crippen molar-refractivity contribution in [3.05, 3.63) is 81.5 Å². The highest BCUT2D eigenvalue weighted by Crippen LogP contribution is 2.39. The third-order valence-corrected chi connectivity index (χ3v) is 7.31. The van der Waals surface area contributed by atoms with Gasteiger partial charge in [-0.1, -0.05) is 24.3 Å². The van der Waals surface area contributed by atoms with Crippen molar-refractivity contribution in [1.29, 1.82) is 0 Å². The monoisotopic (exact) mass is 476 g/mol. The van der Waals surface area contributed by atoms with E-state index in [1.165, 1.54) is 10.4 Å². The first-order valence-electron chi connectivity index (χ1n) is 11.8. The maximum atomic E-state index is 13.8. The zero-order valence-corrected chi connectivity index (χ0v) is 21.0. The molecule has 6 nitrogen and oxygen atoms in total. The van der Waals surface area contributed by atoms with Gasteiger partial charge in [0.05, 0.1) is 11.1 Å². The fourth-order valence-electron chi connectivity index (χ4n) is 4.37. The summed E-state index contributed by atoms with van der Waals surface area (Å²) >= 11 is 1.55. The number of aryl methyl sites for hydroxylation is 1. The van der Waals surface area contributed by atoms with E-state index < -0.39 is 0 Å². The molecule has 2 aromatic heterocycles. The van der Waals surface area contributed by atoms with E-state index in [2.05, 4.69) is 53.6 Å². The van der Waals surface area contributed by atoms with Crippen molar-refractivity contribution in [3.63, 3.8) is 0 Å². The van der Waals surface area contributed by atoms with Gasteiger partial charge in [-0.15, -0.1) is 11.3 Å². The third-order valence-electron chi connectivity index (χ3n) is 6.10. The molecule has 0 spiro atoms. The Kier molecular flexibility index (Phi) is 7.75. The molecule has 4 rings (SSSR count). The predicted octanol–water partition coefficient (Wildman–Crippen LogP) is 5.00. The Morgan fingerprint density at radius 1 is 1.03 bits per heavy atom. The number of thiophene rings is 1. The number of nitrogens with zero attached hydrogens (tertiary/aromatic N) is 3. The number of rotatable bonds is 8. The fraction of sp³-hybridized carbons (Fsp3) is 0.370. The topological polar surface area (TPSA) is 65.5 Å². The number of amides is 2. The van der Waals surface area contributed by atoms with Gasteiger partial charge in [0, 0.05) is 36.9 Å². The molecule has 0 atom stereocenters. The standard InChI is InChI=1S/C27H32N4O2S/c1-4-31(18-20-13-11-19(12-14-20)17-30(2)3)27(33)24-22-9-5-6-10-23(22)34-26(24)29-25(32)21-8-7-15-28-16-21/h7-8,11-16H,4-6,9-10,17-18H2,1-3H3,(H,29,32). The number of carbonyl (C=O) groups excluding carboxylic acids is 2. The van der Waals surface area contributed by atoms with E-state index in [1.807, 2.05) is 11.8 Å². The Morgan fingerprint density at radius 3 is 2.38 bits per heavy atom. The van der Waals surface area contributed by atoms with Crippen LogP contribution in [0.1, 0.15) is 62.0 Å². The van der Waals surface area contributed by atoms with E-state index >= 15 is 0 Å². The Labute approximate surface area is 205 Å². The maximum absolute atomic E-state index is 13.8. The lowest BCUT2D eigenvalue weighted by Crippen LogP contribution is -2.31. The smallest absolute Gasteiger partial charge is 0.257 e. The van der Waals surface area contributed by atoms with Crippen molar-refractivity contribution >= 4 is 28.2 Å². The highest BCUT2D eigenvalue weighted by atomic mass is 32.1. The third kappa shape index (κ3) is 5.54. The first kappa shape index (κ1) is 24.1. The molecule has 3 aromatic rings. The second-order valence-electron chi connectivity index (χ2n) is 8.98. The summed E-state index contributed by atoms with van der Waals surface area (Å²) in [5, 5.41) is 3.68. The van der Waals surface area contributed by atoms with E-state index in [9.17, 15) is 9.59 Å². The summed E-state index contributed by atoms with van der Waals surface area (Å²) in [6, 6.07) is 11.9. The van der Waals surface area contributed by atoms with Gasteiger partial charge in [0.2, 0.25) is 0 Å². The molecule has 1 aromatic carbocycles. The van der Waals surface area contributed by atoms with E-state index in [0.29, 0.717) is 29.2 Å². The Balaban J connectivity index is 1.59. The fourth-order valence-corrected chi connectivity index (χ4v) is 5.65. The van der Waals surface area contributed by atoms with Gasteiger partial charge >= 0.3 is 0 Å². The van der Waals surface area contributed by atoms with Crippen LogP contribution >= 0.6 is 11.3 Å². The van der Waals surface area contributed by atoms with Crippen molar-refractivity contribution in [2.24, 2.45) is 0 Å². The van der Waals surface area contributed by atoms with Crippen molar-refractivity contribution in [3.8, 4) is 0 Å². The lowest BCUT2D eigenvalue weighted by molar-refractivity contribution is 0.0752. The zero-order valence-electron chi connectivity index (χ0n) is 20.1. The molecule has 0 fully saturated rings. The lowest BCUT2D eigenvalue weighted by Gasteiger charge is -2.23. The molecule has 0 saturated heterocycles. The summed E-state index contributed by atoms with van der Waals surface area (Å²) < 4.78 is 0. The van der Waals surface area contributed by atoms with Crippen LogP contribution in [0, 0.1) is 0 Å². The number of hydrogen-bond donors (Lipinski definition) is 1. The number of benzene rings is 1. The maximum Gasteiger partial charge on any atom is 0.257 e. The molecule has 0 aliphatic heterocycles. The van der Waals surface area contributed by atoms with E-state index in [4.69, 9.17) is 0 Å². The number of fused-ring (bicyclic) bond motifs is 1.